The normalized spacial score (nSPS) is 10.6. The maximum Gasteiger partial charge on any atom is 0.226 e. The van der Waals surface area contributed by atoms with Crippen LogP contribution in [0.5, 0.6) is 0 Å². The molecule has 1 N–H and O–H groups in total. The third-order valence-electron chi connectivity index (χ3n) is 3.14. The minimum absolute atomic E-state index is 0.0406. The zero-order chi connectivity index (χ0) is 15.6. The van der Waals surface area contributed by atoms with Crippen LogP contribution in [0.3, 0.4) is 0 Å². The van der Waals surface area contributed by atoms with E-state index < -0.39 is 0 Å². The van der Waals surface area contributed by atoms with Gasteiger partial charge in [-0.2, -0.15) is 4.98 Å². The van der Waals surface area contributed by atoms with Crippen LogP contribution in [0.25, 0.3) is 11.4 Å². The summed E-state index contributed by atoms with van der Waals surface area (Å²) in [4.78, 5) is 15.9. The second-order valence-electron chi connectivity index (χ2n) is 4.93. The molecule has 2 rings (SSSR count). The van der Waals surface area contributed by atoms with E-state index in [0.717, 1.165) is 12.0 Å². The first-order valence-electron chi connectivity index (χ1n) is 7.43. The Morgan fingerprint density at radius 3 is 2.86 bits per heavy atom. The number of aromatic nitrogens is 2. The predicted molar refractivity (Wildman–Crippen MR) is 82.2 cm³/mol. The summed E-state index contributed by atoms with van der Waals surface area (Å²) >= 11 is 0. The monoisotopic (exact) mass is 303 g/mol. The third-order valence-corrected chi connectivity index (χ3v) is 3.14. The van der Waals surface area contributed by atoms with Crippen LogP contribution in [-0.4, -0.2) is 36.3 Å². The van der Waals surface area contributed by atoms with Crippen molar-refractivity contribution in [3.63, 3.8) is 0 Å². The van der Waals surface area contributed by atoms with Crippen molar-refractivity contribution in [3.8, 4) is 11.4 Å². The molecule has 118 valence electrons. The molecule has 0 saturated heterocycles. The molecule has 0 aliphatic carbocycles. The first-order chi connectivity index (χ1) is 10.8. The second kappa shape index (κ2) is 8.94. The minimum atomic E-state index is 0.0406. The van der Waals surface area contributed by atoms with Crippen LogP contribution < -0.4 is 5.32 Å². The largest absolute Gasteiger partial charge is 0.385 e. The molecule has 1 aromatic heterocycles. The molecular formula is C16H21N3O3. The highest BCUT2D eigenvalue weighted by Gasteiger charge is 2.09. The van der Waals surface area contributed by atoms with E-state index in [1.54, 1.807) is 7.11 Å². The summed E-state index contributed by atoms with van der Waals surface area (Å²) in [5, 5.41) is 6.80. The maximum atomic E-state index is 11.6. The van der Waals surface area contributed by atoms with Gasteiger partial charge in [0.05, 0.1) is 0 Å². The number of methoxy groups -OCH3 is 1. The van der Waals surface area contributed by atoms with Crippen LogP contribution in [0.4, 0.5) is 0 Å². The zero-order valence-electron chi connectivity index (χ0n) is 12.7. The van der Waals surface area contributed by atoms with Crippen molar-refractivity contribution >= 4 is 5.91 Å². The SMILES string of the molecule is COCCCNC(=O)CCCc1nc(-c2ccccc2)no1. The smallest absolute Gasteiger partial charge is 0.226 e. The van der Waals surface area contributed by atoms with Gasteiger partial charge in [-0.3, -0.25) is 4.79 Å². The predicted octanol–water partition coefficient (Wildman–Crippen LogP) is 2.21. The molecule has 0 fully saturated rings. The lowest BCUT2D eigenvalue weighted by Crippen LogP contribution is -2.24. The second-order valence-corrected chi connectivity index (χ2v) is 4.93. The van der Waals surface area contributed by atoms with Crippen molar-refractivity contribution in [2.45, 2.75) is 25.7 Å². The average Bonchev–Trinajstić information content (AvgIpc) is 3.01. The third kappa shape index (κ3) is 5.29. The Balaban J connectivity index is 1.69. The van der Waals surface area contributed by atoms with Crippen LogP contribution in [-0.2, 0) is 16.0 Å². The molecule has 6 heteroatoms. The Hall–Kier alpha value is -2.21. The molecule has 0 atom stereocenters. The molecule has 0 radical (unpaired) electrons. The van der Waals surface area contributed by atoms with Gasteiger partial charge in [-0.1, -0.05) is 35.5 Å². The maximum absolute atomic E-state index is 11.6. The molecule has 0 unspecified atom stereocenters. The fraction of sp³-hybridized carbons (Fsp3) is 0.438. The van der Waals surface area contributed by atoms with Gasteiger partial charge in [0.2, 0.25) is 17.6 Å². The molecular weight excluding hydrogens is 282 g/mol. The van der Waals surface area contributed by atoms with Crippen molar-refractivity contribution in [1.82, 2.24) is 15.5 Å². The highest BCUT2D eigenvalue weighted by Crippen LogP contribution is 2.15. The van der Waals surface area contributed by atoms with Crippen LogP contribution in [0.1, 0.15) is 25.2 Å². The van der Waals surface area contributed by atoms with Gasteiger partial charge in [-0.05, 0) is 12.8 Å². The first-order valence-corrected chi connectivity index (χ1v) is 7.43. The summed E-state index contributed by atoms with van der Waals surface area (Å²) in [5.74, 6) is 1.18. The number of hydrogen-bond donors (Lipinski definition) is 1. The van der Waals surface area contributed by atoms with E-state index in [1.807, 2.05) is 30.3 Å². The molecule has 2 aromatic rings. The standard InChI is InChI=1S/C16H21N3O3/c1-21-12-6-11-17-14(20)9-5-10-15-18-16(19-22-15)13-7-3-2-4-8-13/h2-4,7-8H,5-6,9-12H2,1H3,(H,17,20). The lowest BCUT2D eigenvalue weighted by atomic mass is 10.2. The number of amides is 1. The number of aryl methyl sites for hydroxylation is 1. The van der Waals surface area contributed by atoms with Crippen molar-refractivity contribution in [2.24, 2.45) is 0 Å². The summed E-state index contributed by atoms with van der Waals surface area (Å²) in [6, 6.07) is 9.67. The Kier molecular flexibility index (Phi) is 6.57. The Morgan fingerprint density at radius 1 is 1.27 bits per heavy atom. The van der Waals surface area contributed by atoms with E-state index in [2.05, 4.69) is 15.5 Å². The number of benzene rings is 1. The lowest BCUT2D eigenvalue weighted by Gasteiger charge is -2.03. The first kappa shape index (κ1) is 16.2. The summed E-state index contributed by atoms with van der Waals surface area (Å²) in [6.45, 7) is 1.30. The number of carbonyl (C=O) groups is 1. The van der Waals surface area contributed by atoms with Crippen molar-refractivity contribution in [2.75, 3.05) is 20.3 Å². The summed E-state index contributed by atoms with van der Waals surface area (Å²) < 4.78 is 10.1. The fourth-order valence-electron chi connectivity index (χ4n) is 1.99. The van der Waals surface area contributed by atoms with Gasteiger partial charge >= 0.3 is 0 Å². The Labute approximate surface area is 129 Å². The van der Waals surface area contributed by atoms with Crippen LogP contribution >= 0.6 is 0 Å². The van der Waals surface area contributed by atoms with E-state index in [4.69, 9.17) is 9.26 Å². The highest BCUT2D eigenvalue weighted by atomic mass is 16.5. The highest BCUT2D eigenvalue weighted by molar-refractivity contribution is 5.75. The molecule has 0 spiro atoms. The van der Waals surface area contributed by atoms with E-state index in [-0.39, 0.29) is 5.91 Å². The minimum Gasteiger partial charge on any atom is -0.385 e. The molecule has 0 saturated carbocycles. The quantitative estimate of drug-likeness (QED) is 0.719. The molecule has 0 aliphatic heterocycles. The number of nitrogens with zero attached hydrogens (tertiary/aromatic N) is 2. The van der Waals surface area contributed by atoms with Gasteiger partial charge in [0.1, 0.15) is 0 Å². The number of hydrogen-bond acceptors (Lipinski definition) is 5. The summed E-state index contributed by atoms with van der Waals surface area (Å²) in [5.41, 5.74) is 0.924. The number of rotatable bonds is 9. The van der Waals surface area contributed by atoms with Crippen molar-refractivity contribution in [3.05, 3.63) is 36.2 Å². The van der Waals surface area contributed by atoms with Crippen LogP contribution in [0.15, 0.2) is 34.9 Å². The van der Waals surface area contributed by atoms with Crippen LogP contribution in [0, 0.1) is 0 Å². The number of ether oxygens (including phenoxy) is 1. The molecule has 1 amide bonds. The fourth-order valence-corrected chi connectivity index (χ4v) is 1.99. The molecule has 6 nitrogen and oxygen atoms in total. The molecule has 0 aliphatic rings. The summed E-state index contributed by atoms with van der Waals surface area (Å²) in [7, 11) is 1.65. The number of nitrogens with one attached hydrogen (secondary N) is 1. The zero-order valence-corrected chi connectivity index (χ0v) is 12.7. The van der Waals surface area contributed by atoms with E-state index >= 15 is 0 Å². The Morgan fingerprint density at radius 2 is 2.09 bits per heavy atom. The van der Waals surface area contributed by atoms with Crippen LogP contribution in [0.2, 0.25) is 0 Å². The van der Waals surface area contributed by atoms with Gasteiger partial charge < -0.3 is 14.6 Å². The van der Waals surface area contributed by atoms with Gasteiger partial charge in [0.25, 0.3) is 0 Å². The molecule has 1 heterocycles. The van der Waals surface area contributed by atoms with Gasteiger partial charge in [-0.15, -0.1) is 0 Å². The van der Waals surface area contributed by atoms with Gasteiger partial charge in [-0.25, -0.2) is 0 Å². The van der Waals surface area contributed by atoms with Crippen molar-refractivity contribution < 1.29 is 14.1 Å². The van der Waals surface area contributed by atoms with E-state index in [9.17, 15) is 4.79 Å². The number of carbonyl (C=O) groups excluding carboxylic acids is 1. The summed E-state index contributed by atoms with van der Waals surface area (Å²) in [6.07, 6.45) is 2.57. The average molecular weight is 303 g/mol. The lowest BCUT2D eigenvalue weighted by molar-refractivity contribution is -0.121. The van der Waals surface area contributed by atoms with E-state index in [1.165, 1.54) is 0 Å². The van der Waals surface area contributed by atoms with Gasteiger partial charge in [0.15, 0.2) is 0 Å². The van der Waals surface area contributed by atoms with E-state index in [0.29, 0.717) is 44.1 Å². The molecule has 22 heavy (non-hydrogen) atoms. The Bertz CT molecular complexity index is 569. The molecule has 0 bridgehead atoms. The van der Waals surface area contributed by atoms with Crippen molar-refractivity contribution in [1.29, 1.82) is 0 Å². The topological polar surface area (TPSA) is 77.2 Å². The van der Waals surface area contributed by atoms with Gasteiger partial charge in [0, 0.05) is 38.7 Å². The molecule has 1 aromatic carbocycles.